The molecule has 1 aliphatic carbocycles. The highest BCUT2D eigenvalue weighted by Crippen LogP contribution is 2.40. The summed E-state index contributed by atoms with van der Waals surface area (Å²) in [6, 6.07) is 0.329. The van der Waals surface area contributed by atoms with Crippen LogP contribution in [0.15, 0.2) is 37.2 Å². The summed E-state index contributed by atoms with van der Waals surface area (Å²) in [5.74, 6) is 2.06. The van der Waals surface area contributed by atoms with Gasteiger partial charge in [-0.1, -0.05) is 6.42 Å². The van der Waals surface area contributed by atoms with E-state index in [1.54, 1.807) is 6.92 Å². The van der Waals surface area contributed by atoms with Gasteiger partial charge in [-0.15, -0.1) is 0 Å². The number of carbonyl (C=O) groups is 1. The van der Waals surface area contributed by atoms with E-state index in [2.05, 4.69) is 27.3 Å². The molecular weight excluding hydrogens is 414 g/mol. The van der Waals surface area contributed by atoms with Crippen LogP contribution < -0.4 is 0 Å². The number of hydrogen-bond acceptors (Lipinski definition) is 5. The molecule has 2 fully saturated rings. The van der Waals surface area contributed by atoms with Crippen LogP contribution in [-0.2, 0) is 11.8 Å². The van der Waals surface area contributed by atoms with Crippen molar-refractivity contribution in [3.05, 3.63) is 48.6 Å². The third-order valence-electron chi connectivity index (χ3n) is 7.36. The quantitative estimate of drug-likeness (QED) is 0.602. The maximum Gasteiger partial charge on any atom is 0.219 e. The van der Waals surface area contributed by atoms with Crippen LogP contribution in [0.4, 0.5) is 0 Å². The Balaban J connectivity index is 1.25. The van der Waals surface area contributed by atoms with E-state index < -0.39 is 0 Å². The van der Waals surface area contributed by atoms with Gasteiger partial charge < -0.3 is 4.90 Å². The summed E-state index contributed by atoms with van der Waals surface area (Å²) in [5, 5.41) is 8.98. The largest absolute Gasteiger partial charge is 0.343 e. The van der Waals surface area contributed by atoms with E-state index in [4.69, 9.17) is 9.97 Å². The maximum atomic E-state index is 11.7. The molecule has 0 aromatic carbocycles. The summed E-state index contributed by atoms with van der Waals surface area (Å²) in [7, 11) is 1.98. The zero-order valence-electron chi connectivity index (χ0n) is 19.6. The normalized spacial score (nSPS) is 23.9. The van der Waals surface area contributed by atoms with E-state index in [0.29, 0.717) is 17.9 Å². The number of nitrogens with zero attached hydrogens (tertiary/aromatic N) is 7. The molecule has 33 heavy (non-hydrogen) atoms. The lowest BCUT2D eigenvalue weighted by Crippen LogP contribution is -2.29. The van der Waals surface area contributed by atoms with Crippen molar-refractivity contribution in [2.75, 3.05) is 13.1 Å². The zero-order valence-corrected chi connectivity index (χ0v) is 19.6. The molecule has 0 bridgehead atoms. The van der Waals surface area contributed by atoms with Gasteiger partial charge in [0.05, 0.1) is 18.4 Å². The zero-order chi connectivity index (χ0) is 22.8. The number of aromatic nitrogens is 6. The van der Waals surface area contributed by atoms with Crippen LogP contribution in [0.5, 0.6) is 0 Å². The number of hydrogen-bond donors (Lipinski definition) is 0. The van der Waals surface area contributed by atoms with Crippen molar-refractivity contribution in [2.24, 2.45) is 7.05 Å². The fraction of sp³-hybridized carbons (Fsp3) is 0.560. The molecule has 1 aliphatic heterocycles. The number of carbonyl (C=O) groups excluding carboxylic acids is 1. The lowest BCUT2D eigenvalue weighted by molar-refractivity contribution is -0.128. The summed E-state index contributed by atoms with van der Waals surface area (Å²) < 4.78 is 3.95. The SMILES string of the molecule is CC(=O)N1CCCC(n2cc(-c3cnc(C4CCCC(c5cnn(C)c5)C4)nc3)cn2)CC1. The third kappa shape index (κ3) is 4.84. The Kier molecular flexibility index (Phi) is 6.24. The Hall–Kier alpha value is -3.03. The molecule has 1 saturated heterocycles. The minimum atomic E-state index is 0.166. The van der Waals surface area contributed by atoms with Gasteiger partial charge in [-0.25, -0.2) is 9.97 Å². The second kappa shape index (κ2) is 9.45. The highest BCUT2D eigenvalue weighted by Gasteiger charge is 2.27. The van der Waals surface area contributed by atoms with Gasteiger partial charge in [0.25, 0.3) is 0 Å². The molecule has 3 aromatic heterocycles. The first-order chi connectivity index (χ1) is 16.1. The second-order valence-corrected chi connectivity index (χ2v) is 9.64. The number of aryl methyl sites for hydroxylation is 1. The van der Waals surface area contributed by atoms with Gasteiger partial charge in [0, 0.05) is 68.9 Å². The van der Waals surface area contributed by atoms with Crippen LogP contribution in [-0.4, -0.2) is 53.4 Å². The molecular formula is C25H33N7O. The van der Waals surface area contributed by atoms with Gasteiger partial charge in [0.2, 0.25) is 5.91 Å². The lowest BCUT2D eigenvalue weighted by Gasteiger charge is -2.27. The van der Waals surface area contributed by atoms with Crippen LogP contribution in [0.25, 0.3) is 11.1 Å². The minimum absolute atomic E-state index is 0.166. The van der Waals surface area contributed by atoms with Crippen LogP contribution in [0.3, 0.4) is 0 Å². The third-order valence-corrected chi connectivity index (χ3v) is 7.36. The molecule has 8 nitrogen and oxygen atoms in total. The van der Waals surface area contributed by atoms with Crippen LogP contribution in [0.2, 0.25) is 0 Å². The van der Waals surface area contributed by atoms with E-state index in [0.717, 1.165) is 62.1 Å². The molecule has 0 spiro atoms. The Labute approximate surface area is 195 Å². The minimum Gasteiger partial charge on any atom is -0.343 e. The molecule has 8 heteroatoms. The maximum absolute atomic E-state index is 11.7. The van der Waals surface area contributed by atoms with Gasteiger partial charge >= 0.3 is 0 Å². The van der Waals surface area contributed by atoms with Gasteiger partial charge in [-0.2, -0.15) is 10.2 Å². The number of amides is 1. The molecule has 3 atom stereocenters. The summed E-state index contributed by atoms with van der Waals surface area (Å²) in [6.07, 6.45) is 19.7. The molecule has 0 radical (unpaired) electrons. The van der Waals surface area contributed by atoms with E-state index in [1.807, 2.05) is 41.4 Å². The van der Waals surface area contributed by atoms with Crippen molar-refractivity contribution < 1.29 is 4.79 Å². The van der Waals surface area contributed by atoms with E-state index >= 15 is 0 Å². The van der Waals surface area contributed by atoms with Crippen LogP contribution in [0.1, 0.15) is 81.1 Å². The smallest absolute Gasteiger partial charge is 0.219 e. The molecule has 3 aromatic rings. The molecule has 4 heterocycles. The van der Waals surface area contributed by atoms with Crippen molar-refractivity contribution in [1.82, 2.24) is 34.4 Å². The molecule has 1 amide bonds. The Morgan fingerprint density at radius 1 is 0.879 bits per heavy atom. The van der Waals surface area contributed by atoms with Crippen LogP contribution in [0, 0.1) is 0 Å². The standard InChI is InChI=1S/C25H33N7O/c1-18(33)31-9-4-7-24(8-10-31)32-17-23(15-29-32)21-12-26-25(27-13-21)20-6-3-5-19(11-20)22-14-28-30(2)16-22/h12-17,19-20,24H,3-11H2,1-2H3. The van der Waals surface area contributed by atoms with Crippen molar-refractivity contribution in [3.8, 4) is 11.1 Å². The predicted molar refractivity (Wildman–Crippen MR) is 126 cm³/mol. The van der Waals surface area contributed by atoms with Crippen molar-refractivity contribution in [3.63, 3.8) is 0 Å². The molecule has 174 valence electrons. The summed E-state index contributed by atoms with van der Waals surface area (Å²) in [5.41, 5.74) is 3.38. The van der Waals surface area contributed by atoms with Crippen molar-refractivity contribution in [2.45, 2.75) is 69.7 Å². The highest BCUT2D eigenvalue weighted by molar-refractivity contribution is 5.73. The van der Waals surface area contributed by atoms with E-state index in [-0.39, 0.29) is 5.91 Å². The number of rotatable bonds is 4. The first-order valence-corrected chi connectivity index (χ1v) is 12.2. The predicted octanol–water partition coefficient (Wildman–Crippen LogP) is 4.09. The first kappa shape index (κ1) is 21.8. The lowest BCUT2D eigenvalue weighted by atomic mass is 9.78. The monoisotopic (exact) mass is 447 g/mol. The van der Waals surface area contributed by atoms with Gasteiger partial charge in [-0.3, -0.25) is 14.2 Å². The Bertz CT molecular complexity index is 1090. The summed E-state index contributed by atoms with van der Waals surface area (Å²) >= 11 is 0. The topological polar surface area (TPSA) is 81.7 Å². The Morgan fingerprint density at radius 3 is 2.45 bits per heavy atom. The first-order valence-electron chi connectivity index (χ1n) is 12.2. The summed E-state index contributed by atoms with van der Waals surface area (Å²) in [6.45, 7) is 3.30. The summed E-state index contributed by atoms with van der Waals surface area (Å²) in [4.78, 5) is 23.2. The molecule has 5 rings (SSSR count). The van der Waals surface area contributed by atoms with Crippen molar-refractivity contribution in [1.29, 1.82) is 0 Å². The number of likely N-dealkylation sites (tertiary alicyclic amines) is 1. The molecule has 0 N–H and O–H groups in total. The molecule has 3 unspecified atom stereocenters. The van der Waals surface area contributed by atoms with Crippen LogP contribution >= 0.6 is 0 Å². The highest BCUT2D eigenvalue weighted by atomic mass is 16.2. The van der Waals surface area contributed by atoms with Gasteiger partial charge in [0.15, 0.2) is 0 Å². The Morgan fingerprint density at radius 2 is 1.70 bits per heavy atom. The van der Waals surface area contributed by atoms with Crippen molar-refractivity contribution >= 4 is 5.91 Å². The fourth-order valence-corrected chi connectivity index (χ4v) is 5.42. The molecule has 1 saturated carbocycles. The average molecular weight is 448 g/mol. The van der Waals surface area contributed by atoms with E-state index in [1.165, 1.54) is 18.4 Å². The van der Waals surface area contributed by atoms with Gasteiger partial charge in [-0.05, 0) is 50.0 Å². The van der Waals surface area contributed by atoms with Gasteiger partial charge in [0.1, 0.15) is 5.82 Å². The average Bonchev–Trinajstić information content (AvgIpc) is 3.42. The molecule has 2 aliphatic rings. The second-order valence-electron chi connectivity index (χ2n) is 9.64. The fourth-order valence-electron chi connectivity index (χ4n) is 5.42. The van der Waals surface area contributed by atoms with E-state index in [9.17, 15) is 4.79 Å².